The molecule has 1 aromatic rings. The summed E-state index contributed by atoms with van der Waals surface area (Å²) in [6.45, 7) is 0. The number of rotatable bonds is 2. The van der Waals surface area contributed by atoms with Gasteiger partial charge in [-0.25, -0.2) is 0 Å². The van der Waals surface area contributed by atoms with Crippen molar-refractivity contribution in [2.75, 3.05) is 0 Å². The first-order valence-corrected chi connectivity index (χ1v) is 6.23. The Morgan fingerprint density at radius 3 is 2.53 bits per heavy atom. The molecule has 0 saturated heterocycles. The molecule has 3 rings (SSSR count). The minimum Gasteiger partial charge on any atom is -0.508 e. The summed E-state index contributed by atoms with van der Waals surface area (Å²) >= 11 is 0. The van der Waals surface area contributed by atoms with Crippen LogP contribution in [-0.4, -0.2) is 16.2 Å². The number of aromatic hydroxyl groups is 1. The molecule has 2 aliphatic carbocycles. The predicted molar refractivity (Wildman–Crippen MR) is 63.3 cm³/mol. The van der Waals surface area contributed by atoms with Crippen LogP contribution in [0.2, 0.25) is 0 Å². The zero-order valence-electron chi connectivity index (χ0n) is 9.70. The molecule has 1 fully saturated rings. The second kappa shape index (κ2) is 3.49. The molecule has 2 aliphatic rings. The number of carboxylic acids is 1. The Morgan fingerprint density at radius 2 is 1.88 bits per heavy atom. The van der Waals surface area contributed by atoms with Crippen molar-refractivity contribution in [2.24, 2.45) is 0 Å². The highest BCUT2D eigenvalue weighted by Gasteiger charge is 2.54. The zero-order valence-corrected chi connectivity index (χ0v) is 9.70. The molecule has 0 radical (unpaired) electrons. The molecule has 3 nitrogen and oxygen atoms in total. The van der Waals surface area contributed by atoms with E-state index in [4.69, 9.17) is 0 Å². The first kappa shape index (κ1) is 10.6. The van der Waals surface area contributed by atoms with Crippen LogP contribution >= 0.6 is 0 Å². The molecule has 1 aromatic carbocycles. The van der Waals surface area contributed by atoms with Crippen LogP contribution in [0, 0.1) is 0 Å². The Kier molecular flexibility index (Phi) is 2.18. The zero-order chi connectivity index (χ0) is 12.0. The number of carboxylic acid groups (broad SMARTS) is 1. The summed E-state index contributed by atoms with van der Waals surface area (Å²) < 4.78 is 0. The van der Waals surface area contributed by atoms with Crippen molar-refractivity contribution in [3.8, 4) is 5.75 Å². The molecular weight excluding hydrogens is 216 g/mol. The van der Waals surface area contributed by atoms with E-state index in [1.54, 1.807) is 6.07 Å². The molecule has 90 valence electrons. The topological polar surface area (TPSA) is 57.5 Å². The third-order valence-corrected chi connectivity index (χ3v) is 4.15. The Balaban J connectivity index is 2.18. The summed E-state index contributed by atoms with van der Waals surface area (Å²) in [5.41, 5.74) is 2.27. The monoisotopic (exact) mass is 232 g/mol. The van der Waals surface area contributed by atoms with Gasteiger partial charge in [-0.3, -0.25) is 4.79 Å². The van der Waals surface area contributed by atoms with Crippen LogP contribution in [0.1, 0.15) is 42.4 Å². The van der Waals surface area contributed by atoms with Crippen LogP contribution in [0.15, 0.2) is 12.1 Å². The largest absolute Gasteiger partial charge is 0.508 e. The van der Waals surface area contributed by atoms with Crippen molar-refractivity contribution in [3.05, 3.63) is 28.8 Å². The van der Waals surface area contributed by atoms with Gasteiger partial charge in [-0.1, -0.05) is 6.07 Å². The summed E-state index contributed by atoms with van der Waals surface area (Å²) in [5.74, 6) is -0.614. The fourth-order valence-electron chi connectivity index (χ4n) is 3.05. The molecule has 0 amide bonds. The number of hydrogen-bond acceptors (Lipinski definition) is 2. The standard InChI is InChI=1S/C14H16O3/c15-11-6-5-9-3-1-2-4-10(9)12(11)14(7-8-14)13(16)17/h5-6,15H,1-4,7-8H2,(H,16,17). The van der Waals surface area contributed by atoms with E-state index in [0.29, 0.717) is 18.4 Å². The fraction of sp³-hybridized carbons (Fsp3) is 0.500. The van der Waals surface area contributed by atoms with Crippen molar-refractivity contribution in [3.63, 3.8) is 0 Å². The lowest BCUT2D eigenvalue weighted by Gasteiger charge is -2.23. The van der Waals surface area contributed by atoms with E-state index in [2.05, 4.69) is 0 Å². The molecule has 0 atom stereocenters. The van der Waals surface area contributed by atoms with Gasteiger partial charge < -0.3 is 10.2 Å². The smallest absolute Gasteiger partial charge is 0.314 e. The fourth-order valence-corrected chi connectivity index (χ4v) is 3.05. The van der Waals surface area contributed by atoms with Crippen LogP contribution in [0.3, 0.4) is 0 Å². The van der Waals surface area contributed by atoms with Crippen molar-refractivity contribution in [1.82, 2.24) is 0 Å². The highest BCUT2D eigenvalue weighted by molar-refractivity contribution is 5.86. The van der Waals surface area contributed by atoms with Gasteiger partial charge in [0.1, 0.15) is 5.75 Å². The lowest BCUT2D eigenvalue weighted by Crippen LogP contribution is -2.23. The van der Waals surface area contributed by atoms with Crippen LogP contribution in [-0.2, 0) is 23.1 Å². The van der Waals surface area contributed by atoms with Gasteiger partial charge in [0, 0.05) is 5.56 Å². The first-order valence-electron chi connectivity index (χ1n) is 6.23. The number of fused-ring (bicyclic) bond motifs is 1. The summed E-state index contributed by atoms with van der Waals surface area (Å²) in [4.78, 5) is 11.4. The Labute approximate surface area is 100 Å². The van der Waals surface area contributed by atoms with E-state index in [-0.39, 0.29) is 5.75 Å². The number of phenols is 1. The van der Waals surface area contributed by atoms with Gasteiger partial charge in [0.15, 0.2) is 0 Å². The SMILES string of the molecule is O=C(O)C1(c2c(O)ccc3c2CCCC3)CC1. The van der Waals surface area contributed by atoms with Crippen LogP contribution < -0.4 is 0 Å². The van der Waals surface area contributed by atoms with Crippen LogP contribution in [0.25, 0.3) is 0 Å². The van der Waals surface area contributed by atoms with Crippen LogP contribution in [0.4, 0.5) is 0 Å². The second-order valence-corrected chi connectivity index (χ2v) is 5.19. The molecule has 0 spiro atoms. The van der Waals surface area contributed by atoms with E-state index in [1.165, 1.54) is 5.56 Å². The maximum Gasteiger partial charge on any atom is 0.314 e. The normalized spacial score (nSPS) is 20.7. The molecule has 0 aromatic heterocycles. The highest BCUT2D eigenvalue weighted by atomic mass is 16.4. The van der Waals surface area contributed by atoms with Crippen molar-refractivity contribution in [1.29, 1.82) is 0 Å². The van der Waals surface area contributed by atoms with E-state index >= 15 is 0 Å². The number of aryl methyl sites for hydroxylation is 1. The minimum atomic E-state index is -0.785. The lowest BCUT2D eigenvalue weighted by atomic mass is 9.81. The second-order valence-electron chi connectivity index (χ2n) is 5.19. The van der Waals surface area contributed by atoms with Crippen molar-refractivity contribution in [2.45, 2.75) is 43.9 Å². The lowest BCUT2D eigenvalue weighted by molar-refractivity contribution is -0.140. The number of aliphatic carboxylic acids is 1. The molecule has 1 saturated carbocycles. The molecule has 0 bridgehead atoms. The Bertz CT molecular complexity index is 486. The Morgan fingerprint density at radius 1 is 1.18 bits per heavy atom. The van der Waals surface area contributed by atoms with Crippen molar-refractivity contribution >= 4 is 5.97 Å². The number of benzene rings is 1. The predicted octanol–water partition coefficient (Wildman–Crippen LogP) is 2.39. The quantitative estimate of drug-likeness (QED) is 0.823. The molecule has 0 aliphatic heterocycles. The summed E-state index contributed by atoms with van der Waals surface area (Å²) in [7, 11) is 0. The van der Waals surface area contributed by atoms with Crippen LogP contribution in [0.5, 0.6) is 5.75 Å². The van der Waals surface area contributed by atoms with E-state index in [1.807, 2.05) is 6.07 Å². The van der Waals surface area contributed by atoms with Gasteiger partial charge in [0.2, 0.25) is 0 Å². The average molecular weight is 232 g/mol. The maximum atomic E-state index is 11.4. The summed E-state index contributed by atoms with van der Waals surface area (Å²) in [6.07, 6.45) is 5.50. The average Bonchev–Trinajstić information content (AvgIpc) is 3.10. The summed E-state index contributed by atoms with van der Waals surface area (Å²) in [6, 6.07) is 3.62. The van der Waals surface area contributed by atoms with Gasteiger partial charge in [-0.2, -0.15) is 0 Å². The number of phenolic OH excluding ortho intramolecular Hbond substituents is 1. The Hall–Kier alpha value is -1.51. The van der Waals surface area contributed by atoms with Gasteiger partial charge in [-0.05, 0) is 55.7 Å². The van der Waals surface area contributed by atoms with Gasteiger partial charge in [0.05, 0.1) is 5.41 Å². The molecule has 0 unspecified atom stereocenters. The molecule has 0 heterocycles. The number of carbonyl (C=O) groups is 1. The molecule has 17 heavy (non-hydrogen) atoms. The molecular formula is C14H16O3. The minimum absolute atomic E-state index is 0.172. The summed E-state index contributed by atoms with van der Waals surface area (Å²) in [5, 5.41) is 19.4. The first-order chi connectivity index (χ1) is 8.15. The third kappa shape index (κ3) is 1.45. The number of hydrogen-bond donors (Lipinski definition) is 2. The van der Waals surface area contributed by atoms with Crippen molar-refractivity contribution < 1.29 is 15.0 Å². The van der Waals surface area contributed by atoms with E-state index in [0.717, 1.165) is 31.2 Å². The molecule has 2 N–H and O–H groups in total. The van der Waals surface area contributed by atoms with E-state index < -0.39 is 11.4 Å². The van der Waals surface area contributed by atoms with Gasteiger partial charge in [0.25, 0.3) is 0 Å². The highest BCUT2D eigenvalue weighted by Crippen LogP contribution is 2.53. The maximum absolute atomic E-state index is 11.4. The van der Waals surface area contributed by atoms with Gasteiger partial charge in [-0.15, -0.1) is 0 Å². The van der Waals surface area contributed by atoms with E-state index in [9.17, 15) is 15.0 Å². The molecule has 3 heteroatoms. The third-order valence-electron chi connectivity index (χ3n) is 4.15. The van der Waals surface area contributed by atoms with Gasteiger partial charge >= 0.3 is 5.97 Å².